The van der Waals surface area contributed by atoms with Crippen LogP contribution in [0.15, 0.2) is 47.6 Å². The Kier molecular flexibility index (Phi) is 5.59. The molecule has 1 heterocycles. The van der Waals surface area contributed by atoms with E-state index in [1.807, 2.05) is 0 Å². The van der Waals surface area contributed by atoms with Gasteiger partial charge in [-0.15, -0.1) is 0 Å². The SMILES string of the molecule is COc1ccc([N+](=O)[O-])cc1NC(=O)[C@H](C)Sc1cccc[n+]1[O-]. The van der Waals surface area contributed by atoms with E-state index in [0.717, 1.165) is 11.8 Å². The van der Waals surface area contributed by atoms with Crippen molar-refractivity contribution in [3.05, 3.63) is 57.9 Å². The summed E-state index contributed by atoms with van der Waals surface area (Å²) in [5.74, 6) is -0.0904. The molecule has 1 N–H and O–H groups in total. The van der Waals surface area contributed by atoms with Crippen molar-refractivity contribution in [2.24, 2.45) is 0 Å². The normalized spacial score (nSPS) is 11.6. The first-order valence-corrected chi connectivity index (χ1v) is 7.78. The molecule has 0 saturated heterocycles. The van der Waals surface area contributed by atoms with Crippen LogP contribution in [0, 0.1) is 15.3 Å². The van der Waals surface area contributed by atoms with Crippen molar-refractivity contribution >= 4 is 29.0 Å². The summed E-state index contributed by atoms with van der Waals surface area (Å²) < 4.78 is 5.77. The Balaban J connectivity index is 2.15. The highest BCUT2D eigenvalue weighted by atomic mass is 32.2. The second-order valence-corrected chi connectivity index (χ2v) is 6.12. The molecule has 0 aliphatic heterocycles. The van der Waals surface area contributed by atoms with Crippen molar-refractivity contribution in [1.82, 2.24) is 0 Å². The lowest BCUT2D eigenvalue weighted by Gasteiger charge is -2.13. The molecule has 126 valence electrons. The van der Waals surface area contributed by atoms with E-state index in [4.69, 9.17) is 4.74 Å². The molecular weight excluding hydrogens is 334 g/mol. The van der Waals surface area contributed by atoms with Gasteiger partial charge < -0.3 is 15.3 Å². The molecule has 0 fully saturated rings. The molecule has 0 saturated carbocycles. The highest BCUT2D eigenvalue weighted by Crippen LogP contribution is 2.30. The quantitative estimate of drug-likeness (QED) is 0.282. The number of aromatic nitrogens is 1. The van der Waals surface area contributed by atoms with Crippen LogP contribution >= 0.6 is 11.8 Å². The van der Waals surface area contributed by atoms with Gasteiger partial charge in [0.2, 0.25) is 5.91 Å². The third kappa shape index (κ3) is 4.13. The van der Waals surface area contributed by atoms with E-state index in [1.54, 1.807) is 25.1 Å². The van der Waals surface area contributed by atoms with E-state index in [9.17, 15) is 20.1 Å². The molecule has 0 spiro atoms. The van der Waals surface area contributed by atoms with Gasteiger partial charge in [0.15, 0.2) is 6.20 Å². The minimum absolute atomic E-state index is 0.160. The molecule has 1 atom stereocenters. The number of amides is 1. The average molecular weight is 349 g/mol. The number of non-ortho nitro benzene ring substituents is 1. The van der Waals surface area contributed by atoms with Gasteiger partial charge in [-0.05, 0) is 30.8 Å². The number of methoxy groups -OCH3 is 1. The summed E-state index contributed by atoms with van der Waals surface area (Å²) in [5, 5.41) is 24.9. The monoisotopic (exact) mass is 349 g/mol. The number of nitro benzene ring substituents is 1. The highest BCUT2D eigenvalue weighted by molar-refractivity contribution is 8.00. The minimum atomic E-state index is -0.587. The van der Waals surface area contributed by atoms with Gasteiger partial charge in [0, 0.05) is 24.3 Å². The number of nitrogens with zero attached hydrogens (tertiary/aromatic N) is 2. The number of hydrogen-bond donors (Lipinski definition) is 1. The van der Waals surface area contributed by atoms with Crippen LogP contribution in [0.25, 0.3) is 0 Å². The van der Waals surface area contributed by atoms with Gasteiger partial charge in [-0.1, -0.05) is 0 Å². The molecule has 0 unspecified atom stereocenters. The standard InChI is InChI=1S/C15H15N3O5S/c1-10(24-14-5-3-4-8-17(14)20)15(19)16-12-9-11(18(21)22)6-7-13(12)23-2/h3-10H,1-2H3,(H,16,19)/t10-/m0/s1. The molecule has 0 radical (unpaired) electrons. The maximum atomic E-state index is 12.3. The smallest absolute Gasteiger partial charge is 0.271 e. The Bertz CT molecular complexity index is 769. The first kappa shape index (κ1) is 17.5. The topological polar surface area (TPSA) is 108 Å². The number of thioether (sulfide) groups is 1. The predicted molar refractivity (Wildman–Crippen MR) is 89.0 cm³/mol. The zero-order chi connectivity index (χ0) is 17.7. The van der Waals surface area contributed by atoms with Crippen LogP contribution in [-0.2, 0) is 4.79 Å². The van der Waals surface area contributed by atoms with E-state index in [1.165, 1.54) is 31.5 Å². The maximum absolute atomic E-state index is 12.3. The fourth-order valence-electron chi connectivity index (χ4n) is 1.88. The second-order valence-electron chi connectivity index (χ2n) is 4.76. The first-order chi connectivity index (χ1) is 11.4. The van der Waals surface area contributed by atoms with Crippen molar-refractivity contribution in [1.29, 1.82) is 0 Å². The first-order valence-electron chi connectivity index (χ1n) is 6.90. The molecule has 0 bridgehead atoms. The molecule has 0 aliphatic carbocycles. The number of benzene rings is 1. The van der Waals surface area contributed by atoms with Gasteiger partial charge in [-0.2, -0.15) is 4.73 Å². The van der Waals surface area contributed by atoms with Gasteiger partial charge in [0.1, 0.15) is 5.75 Å². The molecule has 0 aliphatic rings. The number of rotatable bonds is 6. The van der Waals surface area contributed by atoms with Crippen molar-refractivity contribution in [2.75, 3.05) is 12.4 Å². The van der Waals surface area contributed by atoms with E-state index >= 15 is 0 Å². The van der Waals surface area contributed by atoms with Crippen molar-refractivity contribution in [3.8, 4) is 5.75 Å². The molecule has 2 aromatic rings. The van der Waals surface area contributed by atoms with Gasteiger partial charge in [-0.3, -0.25) is 14.9 Å². The van der Waals surface area contributed by atoms with Gasteiger partial charge in [0.25, 0.3) is 10.7 Å². The number of hydrogen-bond acceptors (Lipinski definition) is 6. The van der Waals surface area contributed by atoms with Crippen LogP contribution in [0.2, 0.25) is 0 Å². The van der Waals surface area contributed by atoms with Crippen LogP contribution in [0.4, 0.5) is 11.4 Å². The summed E-state index contributed by atoms with van der Waals surface area (Å²) in [5.41, 5.74) is 0.0408. The zero-order valence-corrected chi connectivity index (χ0v) is 13.8. The summed E-state index contributed by atoms with van der Waals surface area (Å²) in [7, 11) is 1.40. The highest BCUT2D eigenvalue weighted by Gasteiger charge is 2.21. The van der Waals surface area contributed by atoms with E-state index in [0.29, 0.717) is 15.5 Å². The maximum Gasteiger partial charge on any atom is 0.271 e. The molecule has 2 rings (SSSR count). The predicted octanol–water partition coefficient (Wildman–Crippen LogP) is 2.36. The summed E-state index contributed by atoms with van der Waals surface area (Å²) in [4.78, 5) is 22.6. The van der Waals surface area contributed by atoms with Crippen LogP contribution < -0.4 is 14.8 Å². The van der Waals surface area contributed by atoms with Crippen LogP contribution in [0.5, 0.6) is 5.75 Å². The minimum Gasteiger partial charge on any atom is -0.618 e. The number of ether oxygens (including phenoxy) is 1. The summed E-state index contributed by atoms with van der Waals surface area (Å²) >= 11 is 1.09. The Morgan fingerprint density at radius 2 is 2.12 bits per heavy atom. The Morgan fingerprint density at radius 3 is 2.75 bits per heavy atom. The lowest BCUT2D eigenvalue weighted by molar-refractivity contribution is -0.645. The molecule has 8 nitrogen and oxygen atoms in total. The largest absolute Gasteiger partial charge is 0.618 e. The van der Waals surface area contributed by atoms with Gasteiger partial charge in [0.05, 0.1) is 23.0 Å². The van der Waals surface area contributed by atoms with Crippen LogP contribution in [-0.4, -0.2) is 23.2 Å². The van der Waals surface area contributed by atoms with Crippen LogP contribution in [0.3, 0.4) is 0 Å². The Labute approximate surface area is 142 Å². The third-order valence-corrected chi connectivity index (χ3v) is 4.23. The molecular formula is C15H15N3O5S. The Hall–Kier alpha value is -2.81. The summed E-state index contributed by atoms with van der Waals surface area (Å²) in [6, 6.07) is 8.83. The molecule has 1 aromatic carbocycles. The number of anilines is 1. The Morgan fingerprint density at radius 1 is 1.38 bits per heavy atom. The fourth-order valence-corrected chi connectivity index (χ4v) is 2.73. The second kappa shape index (κ2) is 7.64. The van der Waals surface area contributed by atoms with E-state index in [-0.39, 0.29) is 11.4 Å². The zero-order valence-electron chi connectivity index (χ0n) is 13.0. The number of nitro groups is 1. The number of carbonyl (C=O) groups excluding carboxylic acids is 1. The fraction of sp³-hybridized carbons (Fsp3) is 0.200. The van der Waals surface area contributed by atoms with Gasteiger partial charge >= 0.3 is 0 Å². The lowest BCUT2D eigenvalue weighted by Crippen LogP contribution is -2.30. The summed E-state index contributed by atoms with van der Waals surface area (Å²) in [6.45, 7) is 1.64. The lowest BCUT2D eigenvalue weighted by atomic mass is 10.2. The van der Waals surface area contributed by atoms with Crippen molar-refractivity contribution in [3.63, 3.8) is 0 Å². The van der Waals surface area contributed by atoms with E-state index in [2.05, 4.69) is 5.32 Å². The summed E-state index contributed by atoms with van der Waals surface area (Å²) in [6.07, 6.45) is 1.34. The van der Waals surface area contributed by atoms with Crippen LogP contribution in [0.1, 0.15) is 6.92 Å². The molecule has 9 heteroatoms. The number of nitrogens with one attached hydrogen (secondary N) is 1. The number of carbonyl (C=O) groups is 1. The number of pyridine rings is 1. The average Bonchev–Trinajstić information content (AvgIpc) is 2.56. The molecule has 24 heavy (non-hydrogen) atoms. The third-order valence-electron chi connectivity index (χ3n) is 3.11. The molecule has 1 amide bonds. The molecule has 1 aromatic heterocycles. The van der Waals surface area contributed by atoms with Gasteiger partial charge in [-0.25, -0.2) is 0 Å². The van der Waals surface area contributed by atoms with E-state index < -0.39 is 16.1 Å². The van der Waals surface area contributed by atoms with Crippen molar-refractivity contribution in [2.45, 2.75) is 17.2 Å². The van der Waals surface area contributed by atoms with Crippen molar-refractivity contribution < 1.29 is 19.2 Å².